The number of nitrogens with zero attached hydrogens (tertiary/aromatic N) is 5. The third-order valence-electron chi connectivity index (χ3n) is 4.50. The van der Waals surface area contributed by atoms with Crippen LogP contribution >= 0.6 is 0 Å². The fourth-order valence-corrected chi connectivity index (χ4v) is 3.36. The normalized spacial score (nSPS) is 15.9. The number of carbonyl (C=O) groups excluding carboxylic acids is 1. The highest BCUT2D eigenvalue weighted by molar-refractivity contribution is 5.68. The summed E-state index contributed by atoms with van der Waals surface area (Å²) in [6, 6.07) is 0. The molecule has 27 heavy (non-hydrogen) atoms. The van der Waals surface area contributed by atoms with Gasteiger partial charge in [0, 0.05) is 25.9 Å². The Morgan fingerprint density at radius 2 is 1.78 bits per heavy atom. The second kappa shape index (κ2) is 7.25. The number of amides is 1. The summed E-state index contributed by atoms with van der Waals surface area (Å²) < 4.78 is 11.1. The van der Waals surface area contributed by atoms with Crippen molar-refractivity contribution in [3.05, 3.63) is 23.1 Å². The van der Waals surface area contributed by atoms with Crippen molar-refractivity contribution in [1.82, 2.24) is 25.1 Å². The lowest BCUT2D eigenvalue weighted by molar-refractivity contribution is 0.0204. The summed E-state index contributed by atoms with van der Waals surface area (Å²) in [6.07, 6.45) is 1.34. The van der Waals surface area contributed by atoms with Crippen LogP contribution in [-0.4, -0.2) is 49.8 Å². The lowest BCUT2D eigenvalue weighted by atomic mass is 9.90. The Balaban J connectivity index is 1.81. The number of aryl methyl sites for hydroxylation is 3. The summed E-state index contributed by atoms with van der Waals surface area (Å²) in [4.78, 5) is 23.2. The average Bonchev–Trinajstić information content (AvgIpc) is 2.98. The summed E-state index contributed by atoms with van der Waals surface area (Å²) >= 11 is 0. The second-order valence-electron chi connectivity index (χ2n) is 7.98. The van der Waals surface area contributed by atoms with Crippen molar-refractivity contribution in [2.24, 2.45) is 0 Å². The number of likely N-dealkylation sites (tertiary alicyclic amines) is 1. The molecule has 1 aliphatic rings. The molecule has 0 unspecified atom stereocenters. The molecular formula is C19H27N5O3. The molecule has 146 valence electrons. The van der Waals surface area contributed by atoms with E-state index in [1.807, 2.05) is 34.6 Å². The van der Waals surface area contributed by atoms with Crippen LogP contribution in [0.5, 0.6) is 0 Å². The second-order valence-corrected chi connectivity index (χ2v) is 7.98. The minimum absolute atomic E-state index is 0.200. The molecule has 0 spiro atoms. The summed E-state index contributed by atoms with van der Waals surface area (Å²) in [5.74, 6) is 1.88. The van der Waals surface area contributed by atoms with E-state index in [-0.39, 0.29) is 12.0 Å². The highest BCUT2D eigenvalue weighted by Crippen LogP contribution is 2.35. The molecule has 8 nitrogen and oxygen atoms in total. The Morgan fingerprint density at radius 3 is 2.33 bits per heavy atom. The number of piperidine rings is 1. The van der Waals surface area contributed by atoms with E-state index in [2.05, 4.69) is 15.2 Å². The molecule has 3 heterocycles. The van der Waals surface area contributed by atoms with E-state index in [9.17, 15) is 4.79 Å². The van der Waals surface area contributed by atoms with Crippen molar-refractivity contribution >= 4 is 6.09 Å². The monoisotopic (exact) mass is 373 g/mol. The highest BCUT2D eigenvalue weighted by atomic mass is 16.6. The zero-order valence-electron chi connectivity index (χ0n) is 16.9. The van der Waals surface area contributed by atoms with Crippen LogP contribution in [0.3, 0.4) is 0 Å². The van der Waals surface area contributed by atoms with Gasteiger partial charge < -0.3 is 14.1 Å². The molecule has 0 aromatic carbocycles. The van der Waals surface area contributed by atoms with Gasteiger partial charge >= 0.3 is 6.09 Å². The number of hydrogen-bond acceptors (Lipinski definition) is 7. The zero-order valence-corrected chi connectivity index (χ0v) is 16.9. The first kappa shape index (κ1) is 19.3. The molecule has 1 aliphatic heterocycles. The molecule has 2 aromatic rings. The molecule has 2 aromatic heterocycles. The summed E-state index contributed by atoms with van der Waals surface area (Å²) in [5.41, 5.74) is 2.08. The van der Waals surface area contributed by atoms with E-state index in [1.54, 1.807) is 11.8 Å². The maximum Gasteiger partial charge on any atom is 0.410 e. The number of hydrogen-bond donors (Lipinski definition) is 0. The van der Waals surface area contributed by atoms with E-state index in [0.717, 1.165) is 35.6 Å². The molecule has 8 heteroatoms. The molecule has 3 rings (SSSR count). The standard InChI is InChI=1S/C19H27N5O3/c1-11-15(17-23-22-13(3)26-17)16(21-12(2)20-11)14-7-9-24(10-8-14)18(25)27-19(4,5)6/h14H,7-10H2,1-6H3. The van der Waals surface area contributed by atoms with Crippen LogP contribution in [0.2, 0.25) is 0 Å². The van der Waals surface area contributed by atoms with Crippen LogP contribution in [0.1, 0.15) is 62.6 Å². The first-order valence-corrected chi connectivity index (χ1v) is 9.27. The maximum absolute atomic E-state index is 12.3. The third kappa shape index (κ3) is 4.43. The molecule has 0 N–H and O–H groups in total. The Morgan fingerprint density at radius 1 is 1.11 bits per heavy atom. The SMILES string of the molecule is Cc1nc(C)c(-c2nnc(C)o2)c(C2CCN(C(=O)OC(C)(C)C)CC2)n1. The van der Waals surface area contributed by atoms with Crippen LogP contribution in [-0.2, 0) is 4.74 Å². The Bertz CT molecular complexity index is 832. The van der Waals surface area contributed by atoms with Gasteiger partial charge in [-0.15, -0.1) is 10.2 Å². The number of carbonyl (C=O) groups is 1. The molecule has 0 aliphatic carbocycles. The summed E-state index contributed by atoms with van der Waals surface area (Å²) in [7, 11) is 0. The first-order valence-electron chi connectivity index (χ1n) is 9.27. The molecule has 0 radical (unpaired) electrons. The summed E-state index contributed by atoms with van der Waals surface area (Å²) in [5, 5.41) is 8.10. The quantitative estimate of drug-likeness (QED) is 0.794. The lowest BCUT2D eigenvalue weighted by Gasteiger charge is -2.33. The van der Waals surface area contributed by atoms with Crippen molar-refractivity contribution in [2.45, 2.75) is 65.9 Å². The topological polar surface area (TPSA) is 94.2 Å². The van der Waals surface area contributed by atoms with Crippen LogP contribution in [0.25, 0.3) is 11.5 Å². The minimum Gasteiger partial charge on any atom is -0.444 e. The van der Waals surface area contributed by atoms with E-state index < -0.39 is 5.60 Å². The minimum atomic E-state index is -0.488. The van der Waals surface area contributed by atoms with Crippen molar-refractivity contribution in [2.75, 3.05) is 13.1 Å². The number of aromatic nitrogens is 4. The van der Waals surface area contributed by atoms with E-state index in [4.69, 9.17) is 14.1 Å². The fourth-order valence-electron chi connectivity index (χ4n) is 3.36. The van der Waals surface area contributed by atoms with Gasteiger partial charge in [0.05, 0.1) is 17.0 Å². The van der Waals surface area contributed by atoms with Gasteiger partial charge in [-0.2, -0.15) is 0 Å². The van der Waals surface area contributed by atoms with Gasteiger partial charge in [-0.3, -0.25) is 0 Å². The van der Waals surface area contributed by atoms with E-state index in [1.165, 1.54) is 0 Å². The molecule has 1 saturated heterocycles. The van der Waals surface area contributed by atoms with Crippen LogP contribution in [0.4, 0.5) is 4.79 Å². The van der Waals surface area contributed by atoms with Crippen molar-refractivity contribution in [3.8, 4) is 11.5 Å². The Kier molecular flexibility index (Phi) is 5.17. The van der Waals surface area contributed by atoms with Crippen molar-refractivity contribution in [1.29, 1.82) is 0 Å². The smallest absolute Gasteiger partial charge is 0.410 e. The van der Waals surface area contributed by atoms with Gasteiger partial charge in [0.1, 0.15) is 11.4 Å². The van der Waals surface area contributed by atoms with Gasteiger partial charge in [0.25, 0.3) is 5.89 Å². The predicted octanol–water partition coefficient (Wildman–Crippen LogP) is 3.57. The van der Waals surface area contributed by atoms with E-state index >= 15 is 0 Å². The molecule has 0 atom stereocenters. The van der Waals surface area contributed by atoms with Gasteiger partial charge in [0.15, 0.2) is 0 Å². The zero-order chi connectivity index (χ0) is 19.8. The van der Waals surface area contributed by atoms with Crippen molar-refractivity contribution in [3.63, 3.8) is 0 Å². The highest BCUT2D eigenvalue weighted by Gasteiger charge is 2.31. The Hall–Kier alpha value is -2.51. The van der Waals surface area contributed by atoms with Gasteiger partial charge in [0.2, 0.25) is 5.89 Å². The molecular weight excluding hydrogens is 346 g/mol. The van der Waals surface area contributed by atoms with Gasteiger partial charge in [-0.05, 0) is 47.5 Å². The van der Waals surface area contributed by atoms with Crippen molar-refractivity contribution < 1.29 is 13.9 Å². The molecule has 0 saturated carbocycles. The Labute approximate surface area is 159 Å². The first-order chi connectivity index (χ1) is 12.6. The summed E-state index contributed by atoms with van der Waals surface area (Å²) in [6.45, 7) is 12.5. The van der Waals surface area contributed by atoms with Crippen LogP contribution < -0.4 is 0 Å². The molecule has 1 amide bonds. The fraction of sp³-hybridized carbons (Fsp3) is 0.632. The largest absolute Gasteiger partial charge is 0.444 e. The third-order valence-corrected chi connectivity index (χ3v) is 4.50. The number of rotatable bonds is 2. The van der Waals surface area contributed by atoms with Gasteiger partial charge in [-0.25, -0.2) is 14.8 Å². The van der Waals surface area contributed by atoms with Crippen LogP contribution in [0.15, 0.2) is 4.42 Å². The van der Waals surface area contributed by atoms with Crippen LogP contribution in [0, 0.1) is 20.8 Å². The molecule has 1 fully saturated rings. The van der Waals surface area contributed by atoms with E-state index in [0.29, 0.717) is 24.9 Å². The number of ether oxygens (including phenoxy) is 1. The lowest BCUT2D eigenvalue weighted by Crippen LogP contribution is -2.41. The van der Waals surface area contributed by atoms with Gasteiger partial charge in [-0.1, -0.05) is 0 Å². The average molecular weight is 373 g/mol. The molecule has 0 bridgehead atoms. The maximum atomic E-state index is 12.3. The predicted molar refractivity (Wildman–Crippen MR) is 99.3 cm³/mol.